The summed E-state index contributed by atoms with van der Waals surface area (Å²) < 4.78 is 61.8. The van der Waals surface area contributed by atoms with Crippen LogP contribution < -0.4 is 11.5 Å². The van der Waals surface area contributed by atoms with E-state index in [9.17, 15) is 16.8 Å². The van der Waals surface area contributed by atoms with Gasteiger partial charge in [0.1, 0.15) is 11.4 Å². The SMILES string of the molecule is Nc1cc(S(=O)(=O)O)ccc1N=Nc1ccc(S(=O)(=O)O)cc1N. The van der Waals surface area contributed by atoms with Crippen LogP contribution in [0.25, 0.3) is 0 Å². The highest BCUT2D eigenvalue weighted by Gasteiger charge is 2.13. The van der Waals surface area contributed by atoms with Crippen molar-refractivity contribution in [3.63, 3.8) is 0 Å². The van der Waals surface area contributed by atoms with Gasteiger partial charge in [0, 0.05) is 0 Å². The number of hydrogen-bond acceptors (Lipinski definition) is 8. The Morgan fingerprint density at radius 2 is 1.04 bits per heavy atom. The molecule has 0 atom stereocenters. The third-order valence-corrected chi connectivity index (χ3v) is 4.56. The molecule has 10 nitrogen and oxygen atoms in total. The number of nitrogens with zero attached hydrogens (tertiary/aromatic N) is 2. The first-order valence-corrected chi connectivity index (χ1v) is 9.02. The quantitative estimate of drug-likeness (QED) is 0.355. The molecule has 0 fully saturated rings. The lowest BCUT2D eigenvalue weighted by atomic mass is 10.3. The molecule has 0 amide bonds. The highest BCUT2D eigenvalue weighted by molar-refractivity contribution is 7.86. The van der Waals surface area contributed by atoms with E-state index in [0.29, 0.717) is 0 Å². The Hall–Kier alpha value is -2.54. The first-order valence-electron chi connectivity index (χ1n) is 6.14. The van der Waals surface area contributed by atoms with Gasteiger partial charge >= 0.3 is 0 Å². The Morgan fingerprint density at radius 1 is 0.708 bits per heavy atom. The molecular weight excluding hydrogens is 360 g/mol. The fourth-order valence-corrected chi connectivity index (χ4v) is 2.71. The van der Waals surface area contributed by atoms with Crippen molar-refractivity contribution in [2.45, 2.75) is 9.79 Å². The summed E-state index contributed by atoms with van der Waals surface area (Å²) in [6.07, 6.45) is 0. The van der Waals surface area contributed by atoms with E-state index in [-0.39, 0.29) is 22.7 Å². The van der Waals surface area contributed by atoms with Gasteiger partial charge in [0.15, 0.2) is 0 Å². The van der Waals surface area contributed by atoms with Gasteiger partial charge in [0.25, 0.3) is 20.2 Å². The van der Waals surface area contributed by atoms with Gasteiger partial charge in [0.05, 0.1) is 21.2 Å². The van der Waals surface area contributed by atoms with Crippen LogP contribution in [0.1, 0.15) is 0 Å². The molecule has 0 heterocycles. The fourth-order valence-electron chi connectivity index (χ4n) is 1.68. The summed E-state index contributed by atoms with van der Waals surface area (Å²) in [5.41, 5.74) is 11.4. The highest BCUT2D eigenvalue weighted by Crippen LogP contribution is 2.30. The summed E-state index contributed by atoms with van der Waals surface area (Å²) in [6.45, 7) is 0. The van der Waals surface area contributed by atoms with Crippen LogP contribution in [0.3, 0.4) is 0 Å². The van der Waals surface area contributed by atoms with Crippen molar-refractivity contribution in [3.05, 3.63) is 36.4 Å². The molecule has 0 aliphatic heterocycles. The van der Waals surface area contributed by atoms with Gasteiger partial charge in [-0.3, -0.25) is 9.11 Å². The molecule has 2 aromatic carbocycles. The molecule has 2 rings (SSSR count). The van der Waals surface area contributed by atoms with Gasteiger partial charge in [-0.1, -0.05) is 0 Å². The number of hydrogen-bond donors (Lipinski definition) is 4. The van der Waals surface area contributed by atoms with E-state index in [4.69, 9.17) is 20.6 Å². The van der Waals surface area contributed by atoms with Crippen LogP contribution in [0.5, 0.6) is 0 Å². The number of rotatable bonds is 4. The van der Waals surface area contributed by atoms with Crippen LogP contribution >= 0.6 is 0 Å². The molecule has 24 heavy (non-hydrogen) atoms. The lowest BCUT2D eigenvalue weighted by Crippen LogP contribution is -1.99. The normalized spacial score (nSPS) is 12.6. The van der Waals surface area contributed by atoms with Crippen LogP contribution in [0.15, 0.2) is 56.4 Å². The molecule has 2 aromatic rings. The zero-order valence-corrected chi connectivity index (χ0v) is 13.5. The second-order valence-electron chi connectivity index (χ2n) is 4.59. The van der Waals surface area contributed by atoms with E-state index < -0.39 is 30.0 Å². The van der Waals surface area contributed by atoms with E-state index in [1.807, 2.05) is 0 Å². The molecule has 0 unspecified atom stereocenters. The first-order chi connectivity index (χ1) is 11.0. The zero-order valence-electron chi connectivity index (χ0n) is 11.9. The van der Waals surface area contributed by atoms with Crippen molar-refractivity contribution in [1.82, 2.24) is 0 Å². The molecule has 0 bridgehead atoms. The number of azo groups is 1. The van der Waals surface area contributed by atoms with Crippen LogP contribution in [0.2, 0.25) is 0 Å². The third kappa shape index (κ3) is 4.05. The van der Waals surface area contributed by atoms with Crippen molar-refractivity contribution in [1.29, 1.82) is 0 Å². The van der Waals surface area contributed by atoms with Crippen LogP contribution in [0.4, 0.5) is 22.7 Å². The van der Waals surface area contributed by atoms with Gasteiger partial charge in [0.2, 0.25) is 0 Å². The Kier molecular flexibility index (Phi) is 4.57. The maximum atomic E-state index is 11.0. The Labute approximate surface area is 137 Å². The van der Waals surface area contributed by atoms with Gasteiger partial charge < -0.3 is 11.5 Å². The van der Waals surface area contributed by atoms with E-state index >= 15 is 0 Å². The maximum Gasteiger partial charge on any atom is 0.294 e. The fraction of sp³-hybridized carbons (Fsp3) is 0. The van der Waals surface area contributed by atoms with Gasteiger partial charge in [-0.25, -0.2) is 0 Å². The Morgan fingerprint density at radius 3 is 1.29 bits per heavy atom. The average Bonchev–Trinajstić information content (AvgIpc) is 2.45. The predicted molar refractivity (Wildman–Crippen MR) is 85.5 cm³/mol. The van der Waals surface area contributed by atoms with Crippen molar-refractivity contribution in [2.24, 2.45) is 10.2 Å². The molecule has 0 radical (unpaired) electrons. The molecule has 6 N–H and O–H groups in total. The number of anilines is 2. The van der Waals surface area contributed by atoms with Gasteiger partial charge in [-0.15, -0.1) is 10.2 Å². The Balaban J connectivity index is 2.35. The molecular formula is C12H12N4O6S2. The molecule has 0 aliphatic rings. The molecule has 0 spiro atoms. The third-order valence-electron chi connectivity index (χ3n) is 2.86. The van der Waals surface area contributed by atoms with Crippen molar-refractivity contribution in [3.8, 4) is 0 Å². The second kappa shape index (κ2) is 6.16. The lowest BCUT2D eigenvalue weighted by molar-refractivity contribution is 0.481. The monoisotopic (exact) mass is 372 g/mol. The summed E-state index contributed by atoms with van der Waals surface area (Å²) >= 11 is 0. The van der Waals surface area contributed by atoms with Crippen molar-refractivity contribution < 1.29 is 25.9 Å². The molecule has 0 aromatic heterocycles. The molecule has 0 aliphatic carbocycles. The van der Waals surface area contributed by atoms with E-state index in [1.54, 1.807) is 0 Å². The summed E-state index contributed by atoms with van der Waals surface area (Å²) in [4.78, 5) is -0.785. The average molecular weight is 372 g/mol. The van der Waals surface area contributed by atoms with Crippen LogP contribution in [-0.4, -0.2) is 25.9 Å². The zero-order chi connectivity index (χ0) is 18.1. The number of nitrogens with two attached hydrogens (primary N) is 2. The number of nitrogen functional groups attached to an aromatic ring is 2. The lowest BCUT2D eigenvalue weighted by Gasteiger charge is -2.03. The molecule has 128 valence electrons. The van der Waals surface area contributed by atoms with Crippen molar-refractivity contribution >= 4 is 43.0 Å². The minimum Gasteiger partial charge on any atom is -0.397 e. The molecule has 0 saturated heterocycles. The smallest absolute Gasteiger partial charge is 0.294 e. The molecule has 0 saturated carbocycles. The number of benzene rings is 2. The molecule has 12 heteroatoms. The van der Waals surface area contributed by atoms with Crippen LogP contribution in [-0.2, 0) is 20.2 Å². The Bertz CT molecular complexity index is 948. The maximum absolute atomic E-state index is 11.0. The highest BCUT2D eigenvalue weighted by atomic mass is 32.2. The topological polar surface area (TPSA) is 186 Å². The standard InChI is InChI=1S/C12H12N4O6S2/c13-9-5-7(23(17,18)19)1-3-11(9)15-16-12-4-2-8(6-10(12)14)24(20,21)22/h1-6H,13-14H2,(H,17,18,19)(H,20,21,22). The van der Waals surface area contributed by atoms with Crippen molar-refractivity contribution in [2.75, 3.05) is 11.5 Å². The largest absolute Gasteiger partial charge is 0.397 e. The first kappa shape index (κ1) is 17.8. The minimum atomic E-state index is -4.39. The second-order valence-corrected chi connectivity index (χ2v) is 7.43. The van der Waals surface area contributed by atoms with E-state index in [0.717, 1.165) is 24.3 Å². The van der Waals surface area contributed by atoms with Gasteiger partial charge in [-0.2, -0.15) is 16.8 Å². The summed E-state index contributed by atoms with van der Waals surface area (Å²) in [6, 6.07) is 6.65. The van der Waals surface area contributed by atoms with Gasteiger partial charge in [-0.05, 0) is 36.4 Å². The van der Waals surface area contributed by atoms with E-state index in [2.05, 4.69) is 10.2 Å². The van der Waals surface area contributed by atoms with Crippen LogP contribution in [0, 0.1) is 0 Å². The summed E-state index contributed by atoms with van der Waals surface area (Å²) in [7, 11) is -8.77. The predicted octanol–water partition coefficient (Wildman–Crippen LogP) is 1.76. The summed E-state index contributed by atoms with van der Waals surface area (Å²) in [5, 5.41) is 7.57. The minimum absolute atomic E-state index is 0.0537. The van der Waals surface area contributed by atoms with E-state index in [1.165, 1.54) is 12.1 Å². The summed E-state index contributed by atoms with van der Waals surface area (Å²) in [5.74, 6) is 0.